The quantitative estimate of drug-likeness (QED) is 0.0593. The second-order valence-corrected chi connectivity index (χ2v) is 9.69. The molecule has 1 atom stereocenters. The Hall–Kier alpha value is -0.770. The molecule has 0 amide bonds. The van der Waals surface area contributed by atoms with E-state index in [9.17, 15) is 0 Å². The molecule has 0 saturated heterocycles. The molecular formula is C24H51N4O+. The first-order valence-corrected chi connectivity index (χ1v) is 12.4. The molecule has 0 saturated carbocycles. The maximum atomic E-state index is 8.73. The molecule has 0 aromatic rings. The lowest BCUT2D eigenvalue weighted by atomic mass is 10.0. The monoisotopic (exact) mass is 411 g/mol. The Morgan fingerprint density at radius 1 is 0.759 bits per heavy atom. The van der Waals surface area contributed by atoms with Crippen molar-refractivity contribution in [3.63, 3.8) is 0 Å². The van der Waals surface area contributed by atoms with Crippen LogP contribution in [0.5, 0.6) is 0 Å². The van der Waals surface area contributed by atoms with Gasteiger partial charge in [-0.05, 0) is 24.8 Å². The molecule has 0 heterocycles. The van der Waals surface area contributed by atoms with Crippen molar-refractivity contribution in [3.05, 3.63) is 10.4 Å². The average Bonchev–Trinajstić information content (AvgIpc) is 2.66. The maximum Gasteiger partial charge on any atom is 0.0780 e. The van der Waals surface area contributed by atoms with Gasteiger partial charge in [0.2, 0.25) is 0 Å². The summed E-state index contributed by atoms with van der Waals surface area (Å²) in [5.41, 5.74) is 8.73. The van der Waals surface area contributed by atoms with Crippen LogP contribution in [0.1, 0.15) is 110 Å². The summed E-state index contributed by atoms with van der Waals surface area (Å²) >= 11 is 0. The second-order valence-electron chi connectivity index (χ2n) is 9.69. The van der Waals surface area contributed by atoms with Crippen molar-refractivity contribution < 1.29 is 9.22 Å². The van der Waals surface area contributed by atoms with E-state index in [4.69, 9.17) is 10.3 Å². The molecule has 0 aliphatic heterocycles. The zero-order valence-corrected chi connectivity index (χ0v) is 20.2. The fraction of sp³-hybridized carbons (Fsp3) is 1.00. The van der Waals surface area contributed by atoms with E-state index < -0.39 is 0 Å². The van der Waals surface area contributed by atoms with Crippen LogP contribution in [-0.4, -0.2) is 51.4 Å². The van der Waals surface area contributed by atoms with E-state index in [1.54, 1.807) is 0 Å². The summed E-state index contributed by atoms with van der Waals surface area (Å²) in [5.74, 6) is 0. The molecule has 0 rings (SSSR count). The molecule has 5 nitrogen and oxygen atoms in total. The van der Waals surface area contributed by atoms with E-state index in [0.29, 0.717) is 6.61 Å². The fourth-order valence-corrected chi connectivity index (χ4v) is 3.67. The number of hydrogen-bond acceptors (Lipinski definition) is 2. The number of unbranched alkanes of at least 4 members (excludes halogenated alkanes) is 13. The number of hydrogen-bond donors (Lipinski definition) is 0. The van der Waals surface area contributed by atoms with Crippen LogP contribution in [0.15, 0.2) is 5.11 Å². The van der Waals surface area contributed by atoms with Gasteiger partial charge in [0.25, 0.3) is 0 Å². The Labute approximate surface area is 181 Å². The fourth-order valence-electron chi connectivity index (χ4n) is 3.67. The normalized spacial score (nSPS) is 12.7. The highest BCUT2D eigenvalue weighted by atomic mass is 16.5. The molecule has 0 aliphatic carbocycles. The Morgan fingerprint density at radius 2 is 1.24 bits per heavy atom. The van der Waals surface area contributed by atoms with Crippen LogP contribution in [0.4, 0.5) is 0 Å². The van der Waals surface area contributed by atoms with Crippen molar-refractivity contribution in [1.29, 1.82) is 0 Å². The number of quaternary nitrogens is 1. The van der Waals surface area contributed by atoms with Gasteiger partial charge in [0, 0.05) is 11.5 Å². The summed E-state index contributed by atoms with van der Waals surface area (Å²) in [7, 11) is 6.57. The van der Waals surface area contributed by atoms with Gasteiger partial charge >= 0.3 is 0 Å². The zero-order valence-electron chi connectivity index (χ0n) is 20.2. The van der Waals surface area contributed by atoms with Crippen LogP contribution < -0.4 is 0 Å². The van der Waals surface area contributed by atoms with Gasteiger partial charge in [0.1, 0.15) is 0 Å². The lowest BCUT2D eigenvalue weighted by Crippen LogP contribution is -2.35. The SMILES string of the molecule is CCCCCCCCCCCCCCCCOC[C@H](CCC[N+](C)(C)C)N=[N+]=[N-]. The van der Waals surface area contributed by atoms with Gasteiger partial charge in [-0.25, -0.2) is 0 Å². The summed E-state index contributed by atoms with van der Waals surface area (Å²) in [6.45, 7) is 4.74. The van der Waals surface area contributed by atoms with E-state index >= 15 is 0 Å². The first kappa shape index (κ1) is 28.2. The highest BCUT2D eigenvalue weighted by molar-refractivity contribution is 4.66. The van der Waals surface area contributed by atoms with Crippen LogP contribution >= 0.6 is 0 Å². The van der Waals surface area contributed by atoms with Crippen molar-refractivity contribution in [1.82, 2.24) is 0 Å². The largest absolute Gasteiger partial charge is 0.381 e. The molecule has 5 heteroatoms. The third-order valence-electron chi connectivity index (χ3n) is 5.53. The van der Waals surface area contributed by atoms with Crippen LogP contribution in [-0.2, 0) is 4.74 Å². The lowest BCUT2D eigenvalue weighted by Gasteiger charge is -2.24. The number of ether oxygens (including phenoxy) is 1. The van der Waals surface area contributed by atoms with Gasteiger partial charge in [-0.2, -0.15) is 0 Å². The van der Waals surface area contributed by atoms with Gasteiger partial charge in [-0.1, -0.05) is 95.5 Å². The number of azide groups is 1. The first-order valence-electron chi connectivity index (χ1n) is 12.4. The third kappa shape index (κ3) is 23.4. The minimum Gasteiger partial charge on any atom is -0.381 e. The molecule has 0 fully saturated rings. The molecule has 0 N–H and O–H groups in total. The first-order chi connectivity index (χ1) is 14.0. The molecule has 29 heavy (non-hydrogen) atoms. The molecule has 0 aromatic heterocycles. The Bertz CT molecular complexity index is 389. The van der Waals surface area contributed by atoms with Crippen LogP contribution in [0, 0.1) is 0 Å². The Kier molecular flexibility index (Phi) is 20.0. The summed E-state index contributed by atoms with van der Waals surface area (Å²) in [6, 6.07) is -0.0156. The van der Waals surface area contributed by atoms with Crippen molar-refractivity contribution in [2.75, 3.05) is 40.9 Å². The molecule has 0 bridgehead atoms. The predicted octanol–water partition coefficient (Wildman–Crippen LogP) is 7.65. The molecule has 172 valence electrons. The van der Waals surface area contributed by atoms with Gasteiger partial charge in [0.15, 0.2) is 0 Å². The molecule has 0 spiro atoms. The maximum absolute atomic E-state index is 8.73. The van der Waals surface area contributed by atoms with E-state index in [2.05, 4.69) is 38.1 Å². The number of rotatable bonds is 22. The molecule has 0 aromatic carbocycles. The minimum atomic E-state index is -0.0156. The lowest BCUT2D eigenvalue weighted by molar-refractivity contribution is -0.870. The zero-order chi connectivity index (χ0) is 21.6. The second kappa shape index (κ2) is 20.5. The smallest absolute Gasteiger partial charge is 0.0780 e. The van der Waals surface area contributed by atoms with E-state index in [1.165, 1.54) is 83.5 Å². The average molecular weight is 412 g/mol. The van der Waals surface area contributed by atoms with Crippen molar-refractivity contribution in [3.8, 4) is 0 Å². The molecule has 0 unspecified atom stereocenters. The summed E-state index contributed by atoms with van der Waals surface area (Å²) in [4.78, 5) is 2.98. The van der Waals surface area contributed by atoms with Gasteiger partial charge < -0.3 is 9.22 Å². The van der Waals surface area contributed by atoms with E-state index in [0.717, 1.165) is 36.9 Å². The summed E-state index contributed by atoms with van der Waals surface area (Å²) in [5, 5.41) is 3.90. The van der Waals surface area contributed by atoms with E-state index in [-0.39, 0.29) is 6.04 Å². The van der Waals surface area contributed by atoms with Crippen LogP contribution in [0.25, 0.3) is 10.4 Å². The van der Waals surface area contributed by atoms with Gasteiger partial charge in [-0.15, -0.1) is 0 Å². The molecule has 0 aliphatic rings. The highest BCUT2D eigenvalue weighted by Gasteiger charge is 2.11. The Balaban J connectivity index is 3.39. The van der Waals surface area contributed by atoms with Crippen LogP contribution in [0.2, 0.25) is 0 Å². The number of nitrogens with zero attached hydrogens (tertiary/aromatic N) is 4. The highest BCUT2D eigenvalue weighted by Crippen LogP contribution is 2.13. The Morgan fingerprint density at radius 3 is 1.69 bits per heavy atom. The molecule has 0 radical (unpaired) electrons. The molecular weight excluding hydrogens is 360 g/mol. The predicted molar refractivity (Wildman–Crippen MR) is 126 cm³/mol. The van der Waals surface area contributed by atoms with E-state index in [1.807, 2.05) is 0 Å². The summed E-state index contributed by atoms with van der Waals surface area (Å²) in [6.07, 6.45) is 21.2. The van der Waals surface area contributed by atoms with Gasteiger partial charge in [0.05, 0.1) is 40.3 Å². The minimum absolute atomic E-state index is 0.0156. The van der Waals surface area contributed by atoms with Gasteiger partial charge in [-0.3, -0.25) is 0 Å². The van der Waals surface area contributed by atoms with Crippen molar-refractivity contribution in [2.24, 2.45) is 5.11 Å². The summed E-state index contributed by atoms with van der Waals surface area (Å²) < 4.78 is 6.72. The third-order valence-corrected chi connectivity index (χ3v) is 5.53. The topological polar surface area (TPSA) is 58.0 Å². The van der Waals surface area contributed by atoms with Crippen molar-refractivity contribution in [2.45, 2.75) is 116 Å². The van der Waals surface area contributed by atoms with Crippen LogP contribution in [0.3, 0.4) is 0 Å². The van der Waals surface area contributed by atoms with Crippen molar-refractivity contribution >= 4 is 0 Å². The standard InChI is InChI=1S/C24H51N4O/c1-5-6-7-8-9-10-11-12-13-14-15-16-17-18-22-29-23-24(26-27-25)20-19-21-28(2,3)4/h24H,5-23H2,1-4H3/q+1/t24-/m0/s1.